The van der Waals surface area contributed by atoms with Gasteiger partial charge in [0.15, 0.2) is 11.6 Å². The molecule has 0 bridgehead atoms. The minimum Gasteiger partial charge on any atom is -0.391 e. The zero-order valence-electron chi connectivity index (χ0n) is 21.5. The first-order chi connectivity index (χ1) is 18.0. The summed E-state index contributed by atoms with van der Waals surface area (Å²) >= 11 is 0. The number of nitrogens with zero attached hydrogens (tertiary/aromatic N) is 5. The zero-order chi connectivity index (χ0) is 27.4. The summed E-state index contributed by atoms with van der Waals surface area (Å²) in [4.78, 5) is 32.6. The van der Waals surface area contributed by atoms with Crippen LogP contribution in [0, 0.1) is 11.6 Å². The lowest BCUT2D eigenvalue weighted by Gasteiger charge is -2.22. The predicted octanol–water partition coefficient (Wildman–Crippen LogP) is 3.52. The van der Waals surface area contributed by atoms with Gasteiger partial charge in [0.25, 0.3) is 11.5 Å². The molecule has 11 heteroatoms. The van der Waals surface area contributed by atoms with Crippen molar-refractivity contribution in [2.45, 2.75) is 38.7 Å². The number of aromatic nitrogens is 4. The maximum Gasteiger partial charge on any atom is 0.276 e. The number of rotatable bonds is 4. The lowest BCUT2D eigenvalue weighted by atomic mass is 9.96. The molecule has 1 saturated heterocycles. The minimum absolute atomic E-state index is 0.212. The second kappa shape index (κ2) is 9.32. The van der Waals surface area contributed by atoms with Gasteiger partial charge in [-0.2, -0.15) is 9.78 Å². The van der Waals surface area contributed by atoms with Crippen molar-refractivity contribution in [2.24, 2.45) is 7.05 Å². The first-order valence-corrected chi connectivity index (χ1v) is 12.2. The number of halogens is 2. The molecule has 0 saturated carbocycles. The molecule has 0 spiro atoms. The van der Waals surface area contributed by atoms with Gasteiger partial charge in [0.05, 0.1) is 23.0 Å². The van der Waals surface area contributed by atoms with Crippen molar-refractivity contribution in [1.29, 1.82) is 0 Å². The summed E-state index contributed by atoms with van der Waals surface area (Å²) in [5.74, 6) is -1.79. The van der Waals surface area contributed by atoms with Crippen molar-refractivity contribution in [3.8, 4) is 5.69 Å². The summed E-state index contributed by atoms with van der Waals surface area (Å²) in [5, 5.41) is 17.0. The van der Waals surface area contributed by atoms with E-state index in [9.17, 15) is 23.5 Å². The number of aliphatic hydroxyl groups excluding tert-OH is 1. The van der Waals surface area contributed by atoms with E-state index in [-0.39, 0.29) is 11.1 Å². The number of benzene rings is 2. The summed E-state index contributed by atoms with van der Waals surface area (Å²) in [5.41, 5.74) is 0.737. The second-order valence-electron chi connectivity index (χ2n) is 10.5. The van der Waals surface area contributed by atoms with Crippen molar-refractivity contribution in [3.05, 3.63) is 76.0 Å². The topological polar surface area (TPSA) is 105 Å². The van der Waals surface area contributed by atoms with Gasteiger partial charge in [-0.05, 0) is 36.8 Å². The number of carbonyl (C=O) groups excluding carboxylic acids is 1. The molecule has 1 atom stereocenters. The molecule has 2 N–H and O–H groups in total. The third-order valence-corrected chi connectivity index (χ3v) is 6.61. The SMILES string of the molecule is Cn1c(C(C)(C)C)nc2c(N3CC[C@@H](O)C3)c(NC(=O)c3ccc(=O)n(-c4c(F)cccc4F)n3)ccc21. The zero-order valence-corrected chi connectivity index (χ0v) is 21.5. The van der Waals surface area contributed by atoms with Gasteiger partial charge >= 0.3 is 0 Å². The Morgan fingerprint density at radius 3 is 2.42 bits per heavy atom. The second-order valence-corrected chi connectivity index (χ2v) is 10.5. The molecular weight excluding hydrogens is 494 g/mol. The maximum atomic E-state index is 14.3. The summed E-state index contributed by atoms with van der Waals surface area (Å²) < 4.78 is 31.2. The van der Waals surface area contributed by atoms with E-state index in [1.165, 1.54) is 12.1 Å². The maximum absolute atomic E-state index is 14.3. The van der Waals surface area contributed by atoms with Gasteiger partial charge in [-0.3, -0.25) is 9.59 Å². The van der Waals surface area contributed by atoms with Crippen molar-refractivity contribution in [2.75, 3.05) is 23.3 Å². The average molecular weight is 523 g/mol. The summed E-state index contributed by atoms with van der Waals surface area (Å²) in [6.07, 6.45) is 0.0594. The van der Waals surface area contributed by atoms with E-state index in [1.807, 2.05) is 22.6 Å². The lowest BCUT2D eigenvalue weighted by molar-refractivity contribution is 0.102. The van der Waals surface area contributed by atoms with Crippen LogP contribution >= 0.6 is 0 Å². The number of amides is 1. The van der Waals surface area contributed by atoms with Crippen LogP contribution < -0.4 is 15.8 Å². The number of aliphatic hydroxyl groups is 1. The Hall–Kier alpha value is -4.12. The Bertz CT molecular complexity index is 1600. The van der Waals surface area contributed by atoms with Gasteiger partial charge in [-0.25, -0.2) is 13.8 Å². The van der Waals surface area contributed by atoms with E-state index < -0.39 is 34.9 Å². The molecule has 0 unspecified atom stereocenters. The first kappa shape index (κ1) is 25.5. The Labute approximate surface area is 217 Å². The predicted molar refractivity (Wildman–Crippen MR) is 140 cm³/mol. The highest BCUT2D eigenvalue weighted by atomic mass is 19.1. The molecule has 1 aliphatic rings. The number of aryl methyl sites for hydroxylation is 1. The summed E-state index contributed by atoms with van der Waals surface area (Å²) in [6, 6.07) is 9.01. The largest absolute Gasteiger partial charge is 0.391 e. The number of imidazole rings is 1. The third-order valence-electron chi connectivity index (χ3n) is 6.61. The fourth-order valence-corrected chi connectivity index (χ4v) is 4.85. The van der Waals surface area contributed by atoms with Crippen molar-refractivity contribution in [1.82, 2.24) is 19.3 Å². The molecule has 0 aliphatic carbocycles. The molecule has 3 heterocycles. The summed E-state index contributed by atoms with van der Waals surface area (Å²) in [6.45, 7) is 7.14. The number of hydrogen-bond acceptors (Lipinski definition) is 6. The highest BCUT2D eigenvalue weighted by Gasteiger charge is 2.29. The van der Waals surface area contributed by atoms with Crippen LogP contribution in [-0.2, 0) is 12.5 Å². The molecule has 4 aromatic rings. The Morgan fingerprint density at radius 1 is 1.08 bits per heavy atom. The van der Waals surface area contributed by atoms with Crippen LogP contribution in [0.5, 0.6) is 0 Å². The van der Waals surface area contributed by atoms with Crippen molar-refractivity contribution < 1.29 is 18.7 Å². The highest BCUT2D eigenvalue weighted by Crippen LogP contribution is 2.38. The van der Waals surface area contributed by atoms with Gasteiger partial charge < -0.3 is 19.9 Å². The van der Waals surface area contributed by atoms with Crippen LogP contribution in [0.15, 0.2) is 47.3 Å². The molecule has 2 aromatic heterocycles. The van der Waals surface area contributed by atoms with E-state index in [4.69, 9.17) is 4.98 Å². The van der Waals surface area contributed by atoms with Crippen LogP contribution in [0.3, 0.4) is 0 Å². The Morgan fingerprint density at radius 2 is 1.79 bits per heavy atom. The van der Waals surface area contributed by atoms with E-state index in [0.29, 0.717) is 41.1 Å². The van der Waals surface area contributed by atoms with Crippen LogP contribution in [0.1, 0.15) is 43.5 Å². The smallest absolute Gasteiger partial charge is 0.276 e. The summed E-state index contributed by atoms with van der Waals surface area (Å²) in [7, 11) is 1.94. The van der Waals surface area contributed by atoms with Gasteiger partial charge in [0, 0.05) is 31.6 Å². The number of fused-ring (bicyclic) bond motifs is 1. The van der Waals surface area contributed by atoms with E-state index >= 15 is 0 Å². The Balaban J connectivity index is 1.59. The fraction of sp³-hybridized carbons (Fsp3) is 0.333. The van der Waals surface area contributed by atoms with Gasteiger partial charge in [0.1, 0.15) is 22.7 Å². The van der Waals surface area contributed by atoms with Crippen LogP contribution in [0.25, 0.3) is 16.7 Å². The molecular formula is C27H28F2N6O3. The van der Waals surface area contributed by atoms with E-state index in [2.05, 4.69) is 31.2 Å². The third kappa shape index (κ3) is 4.43. The Kier molecular flexibility index (Phi) is 6.26. The quantitative estimate of drug-likeness (QED) is 0.425. The number of β-amino-alcohol motifs (C(OH)–C–C–N with tert-alkyl or cyclic N) is 1. The lowest BCUT2D eigenvalue weighted by Crippen LogP contribution is -2.27. The first-order valence-electron chi connectivity index (χ1n) is 12.2. The molecule has 9 nitrogen and oxygen atoms in total. The molecule has 1 fully saturated rings. The van der Waals surface area contributed by atoms with Crippen LogP contribution in [-0.4, -0.2) is 49.5 Å². The van der Waals surface area contributed by atoms with Gasteiger partial charge in [-0.15, -0.1) is 0 Å². The highest BCUT2D eigenvalue weighted by molar-refractivity contribution is 6.08. The van der Waals surface area contributed by atoms with E-state index in [1.54, 1.807) is 6.07 Å². The van der Waals surface area contributed by atoms with E-state index in [0.717, 1.165) is 29.5 Å². The number of carbonyl (C=O) groups is 1. The van der Waals surface area contributed by atoms with Crippen molar-refractivity contribution >= 4 is 28.3 Å². The molecule has 198 valence electrons. The van der Waals surface area contributed by atoms with Crippen LogP contribution in [0.2, 0.25) is 0 Å². The number of para-hydroxylation sites is 1. The fourth-order valence-electron chi connectivity index (χ4n) is 4.85. The monoisotopic (exact) mass is 522 g/mol. The van der Waals surface area contributed by atoms with Gasteiger partial charge in [-0.1, -0.05) is 26.8 Å². The molecule has 0 radical (unpaired) electrons. The molecule has 38 heavy (non-hydrogen) atoms. The standard InChI is InChI=1S/C27H28F2N6O3/c1-27(2,3)26-31-22-20(33(26)4)10-8-18(24(22)34-13-12-15(36)14-34)30-25(38)19-9-11-21(37)35(32-19)23-16(28)6-5-7-17(23)29/h5-11,15,36H,12-14H2,1-4H3,(H,30,38)/t15-/m1/s1. The minimum atomic E-state index is -0.984. The van der Waals surface area contributed by atoms with Crippen LogP contribution in [0.4, 0.5) is 20.2 Å². The molecule has 2 aromatic carbocycles. The normalized spacial score (nSPS) is 15.9. The average Bonchev–Trinajstić information content (AvgIpc) is 3.43. The molecule has 5 rings (SSSR count). The number of anilines is 2. The molecule has 1 aliphatic heterocycles. The van der Waals surface area contributed by atoms with Crippen molar-refractivity contribution in [3.63, 3.8) is 0 Å². The molecule has 1 amide bonds. The number of hydrogen-bond donors (Lipinski definition) is 2. The van der Waals surface area contributed by atoms with Gasteiger partial charge in [0.2, 0.25) is 0 Å². The number of nitrogens with one attached hydrogen (secondary N) is 1.